The Kier molecular flexibility index (Phi) is 2.10. The zero-order valence-corrected chi connectivity index (χ0v) is 6.83. The van der Waals surface area contributed by atoms with Gasteiger partial charge in [-0.25, -0.2) is 4.98 Å². The Morgan fingerprint density at radius 2 is 2.30 bits per heavy atom. The van der Waals surface area contributed by atoms with Crippen LogP contribution in [-0.4, -0.2) is 9.55 Å². The molecular formula is C8H14N2. The smallest absolute Gasteiger partial charge is 0.0948 e. The average molecular weight is 138 g/mol. The summed E-state index contributed by atoms with van der Waals surface area (Å²) in [7, 11) is 0. The monoisotopic (exact) mass is 138 g/mol. The molecule has 2 heteroatoms. The predicted octanol–water partition coefficient (Wildman–Crippen LogP) is 2.03. The summed E-state index contributed by atoms with van der Waals surface area (Å²) >= 11 is 0. The lowest BCUT2D eigenvalue weighted by Crippen LogP contribution is -1.99. The number of imidazole rings is 1. The second-order valence-corrected chi connectivity index (χ2v) is 2.76. The summed E-state index contributed by atoms with van der Waals surface area (Å²) in [6.07, 6.45) is 3.82. The first-order valence-electron chi connectivity index (χ1n) is 3.75. The van der Waals surface area contributed by atoms with Crippen LogP contribution in [0.5, 0.6) is 0 Å². The summed E-state index contributed by atoms with van der Waals surface area (Å²) in [6.45, 7) is 7.52. The standard InChI is InChI=1S/C8H14N2/c1-4-10-6-9-5-8(10)7(2)3/h5-7H,4H2,1-3H3. The number of hydrogen-bond donors (Lipinski definition) is 0. The highest BCUT2D eigenvalue weighted by Crippen LogP contribution is 2.12. The van der Waals surface area contributed by atoms with Crippen LogP contribution in [0.15, 0.2) is 12.5 Å². The first kappa shape index (κ1) is 7.32. The number of aryl methyl sites for hydroxylation is 1. The maximum atomic E-state index is 4.08. The van der Waals surface area contributed by atoms with E-state index in [1.165, 1.54) is 5.69 Å². The van der Waals surface area contributed by atoms with Crippen LogP contribution in [0.1, 0.15) is 32.4 Å². The van der Waals surface area contributed by atoms with Crippen molar-refractivity contribution in [1.29, 1.82) is 0 Å². The lowest BCUT2D eigenvalue weighted by Gasteiger charge is -2.06. The molecule has 1 rings (SSSR count). The van der Waals surface area contributed by atoms with Gasteiger partial charge in [0.2, 0.25) is 0 Å². The maximum Gasteiger partial charge on any atom is 0.0948 e. The average Bonchev–Trinajstić information content (AvgIpc) is 2.33. The first-order chi connectivity index (χ1) is 4.75. The fraction of sp³-hybridized carbons (Fsp3) is 0.625. The van der Waals surface area contributed by atoms with Crippen molar-refractivity contribution in [2.45, 2.75) is 33.2 Å². The molecule has 10 heavy (non-hydrogen) atoms. The largest absolute Gasteiger partial charge is 0.335 e. The van der Waals surface area contributed by atoms with E-state index in [4.69, 9.17) is 0 Å². The summed E-state index contributed by atoms with van der Waals surface area (Å²) in [4.78, 5) is 4.08. The highest BCUT2D eigenvalue weighted by molar-refractivity contribution is 5.03. The van der Waals surface area contributed by atoms with Crippen LogP contribution in [0.25, 0.3) is 0 Å². The summed E-state index contributed by atoms with van der Waals surface area (Å²) in [5.74, 6) is 0.586. The summed E-state index contributed by atoms with van der Waals surface area (Å²) in [5, 5.41) is 0. The molecule has 0 N–H and O–H groups in total. The molecular weight excluding hydrogens is 124 g/mol. The van der Waals surface area contributed by atoms with Crippen LogP contribution in [0, 0.1) is 0 Å². The normalized spacial score (nSPS) is 10.8. The molecule has 1 aromatic heterocycles. The van der Waals surface area contributed by atoms with E-state index < -0.39 is 0 Å². The van der Waals surface area contributed by atoms with Crippen molar-refractivity contribution >= 4 is 0 Å². The Labute approximate surface area is 61.9 Å². The molecule has 1 heterocycles. The van der Waals surface area contributed by atoms with Gasteiger partial charge < -0.3 is 4.57 Å². The fourth-order valence-electron chi connectivity index (χ4n) is 1.08. The quantitative estimate of drug-likeness (QED) is 0.611. The molecule has 0 aliphatic carbocycles. The Morgan fingerprint density at radius 1 is 1.60 bits per heavy atom. The van der Waals surface area contributed by atoms with Gasteiger partial charge in [0, 0.05) is 18.4 Å². The van der Waals surface area contributed by atoms with Crippen LogP contribution in [0.4, 0.5) is 0 Å². The summed E-state index contributed by atoms with van der Waals surface area (Å²) in [5.41, 5.74) is 1.32. The van der Waals surface area contributed by atoms with Crippen molar-refractivity contribution in [2.24, 2.45) is 0 Å². The molecule has 0 amide bonds. The molecule has 0 saturated carbocycles. The van der Waals surface area contributed by atoms with E-state index in [9.17, 15) is 0 Å². The van der Waals surface area contributed by atoms with E-state index in [1.807, 2.05) is 12.5 Å². The van der Waals surface area contributed by atoms with E-state index in [-0.39, 0.29) is 0 Å². The molecule has 1 aromatic rings. The highest BCUT2D eigenvalue weighted by Gasteiger charge is 2.02. The van der Waals surface area contributed by atoms with Crippen molar-refractivity contribution in [2.75, 3.05) is 0 Å². The maximum absolute atomic E-state index is 4.08. The zero-order chi connectivity index (χ0) is 7.56. The third kappa shape index (κ3) is 1.20. The number of nitrogens with zero attached hydrogens (tertiary/aromatic N) is 2. The first-order valence-corrected chi connectivity index (χ1v) is 3.75. The van der Waals surface area contributed by atoms with Crippen molar-refractivity contribution in [3.05, 3.63) is 18.2 Å². The minimum atomic E-state index is 0.586. The van der Waals surface area contributed by atoms with Gasteiger partial charge >= 0.3 is 0 Å². The molecule has 0 saturated heterocycles. The molecule has 0 aromatic carbocycles. The molecule has 0 bridgehead atoms. The molecule has 0 atom stereocenters. The van der Waals surface area contributed by atoms with E-state index in [1.54, 1.807) is 0 Å². The van der Waals surface area contributed by atoms with Crippen molar-refractivity contribution < 1.29 is 0 Å². The second-order valence-electron chi connectivity index (χ2n) is 2.76. The van der Waals surface area contributed by atoms with Gasteiger partial charge in [-0.1, -0.05) is 13.8 Å². The van der Waals surface area contributed by atoms with Gasteiger partial charge in [-0.3, -0.25) is 0 Å². The Morgan fingerprint density at radius 3 is 2.70 bits per heavy atom. The van der Waals surface area contributed by atoms with E-state index in [0.717, 1.165) is 6.54 Å². The third-order valence-electron chi connectivity index (χ3n) is 1.68. The van der Waals surface area contributed by atoms with Gasteiger partial charge in [-0.05, 0) is 12.8 Å². The second kappa shape index (κ2) is 2.86. The van der Waals surface area contributed by atoms with Crippen molar-refractivity contribution in [3.63, 3.8) is 0 Å². The Balaban J connectivity index is 2.90. The Bertz CT molecular complexity index is 201. The van der Waals surface area contributed by atoms with Crippen LogP contribution in [0.3, 0.4) is 0 Å². The molecule has 0 unspecified atom stereocenters. The van der Waals surface area contributed by atoms with Crippen LogP contribution >= 0.6 is 0 Å². The van der Waals surface area contributed by atoms with Crippen LogP contribution < -0.4 is 0 Å². The van der Waals surface area contributed by atoms with E-state index in [0.29, 0.717) is 5.92 Å². The van der Waals surface area contributed by atoms with Crippen molar-refractivity contribution in [3.8, 4) is 0 Å². The molecule has 0 spiro atoms. The molecule has 0 aliphatic heterocycles. The fourth-order valence-corrected chi connectivity index (χ4v) is 1.08. The van der Waals surface area contributed by atoms with Gasteiger partial charge in [0.1, 0.15) is 0 Å². The van der Waals surface area contributed by atoms with Crippen LogP contribution in [0.2, 0.25) is 0 Å². The lowest BCUT2D eigenvalue weighted by atomic mass is 10.1. The van der Waals surface area contributed by atoms with E-state index in [2.05, 4.69) is 30.3 Å². The molecule has 2 nitrogen and oxygen atoms in total. The minimum absolute atomic E-state index is 0.586. The molecule has 56 valence electrons. The van der Waals surface area contributed by atoms with E-state index >= 15 is 0 Å². The SMILES string of the molecule is CCn1cncc1C(C)C. The lowest BCUT2D eigenvalue weighted by molar-refractivity contribution is 0.671. The highest BCUT2D eigenvalue weighted by atomic mass is 15.0. The van der Waals surface area contributed by atoms with Gasteiger partial charge in [0.05, 0.1) is 6.33 Å². The molecule has 0 aliphatic rings. The third-order valence-corrected chi connectivity index (χ3v) is 1.68. The Hall–Kier alpha value is -0.790. The summed E-state index contributed by atoms with van der Waals surface area (Å²) < 4.78 is 2.17. The van der Waals surface area contributed by atoms with Gasteiger partial charge in [0.25, 0.3) is 0 Å². The molecule has 0 radical (unpaired) electrons. The van der Waals surface area contributed by atoms with Crippen LogP contribution in [-0.2, 0) is 6.54 Å². The summed E-state index contributed by atoms with van der Waals surface area (Å²) in [6, 6.07) is 0. The number of hydrogen-bond acceptors (Lipinski definition) is 1. The van der Waals surface area contributed by atoms with Gasteiger partial charge in [-0.2, -0.15) is 0 Å². The minimum Gasteiger partial charge on any atom is -0.335 e. The predicted molar refractivity (Wildman–Crippen MR) is 42.0 cm³/mol. The van der Waals surface area contributed by atoms with Crippen molar-refractivity contribution in [1.82, 2.24) is 9.55 Å². The molecule has 0 fully saturated rings. The number of aromatic nitrogens is 2. The zero-order valence-electron chi connectivity index (χ0n) is 6.83. The number of rotatable bonds is 2. The van der Waals surface area contributed by atoms with Gasteiger partial charge in [0.15, 0.2) is 0 Å². The topological polar surface area (TPSA) is 17.8 Å². The van der Waals surface area contributed by atoms with Gasteiger partial charge in [-0.15, -0.1) is 0 Å².